The number of amides is 3. The molecule has 6 nitrogen and oxygen atoms in total. The SMILES string of the molecule is CNC(C)c1csc(-c2cccc(CN3C(=O)NC(C)(C)C3=O)c2)n1. The minimum atomic E-state index is -0.845. The molecule has 2 N–H and O–H groups in total. The zero-order valence-electron chi connectivity index (χ0n) is 14.8. The fraction of sp³-hybridized carbons (Fsp3) is 0.389. The molecule has 1 aromatic carbocycles. The van der Waals surface area contributed by atoms with E-state index in [1.807, 2.05) is 36.7 Å². The van der Waals surface area contributed by atoms with Crippen LogP contribution >= 0.6 is 11.3 Å². The molecule has 0 aliphatic carbocycles. The molecule has 0 saturated carbocycles. The third-order valence-corrected chi connectivity index (χ3v) is 5.27. The Labute approximate surface area is 151 Å². The van der Waals surface area contributed by atoms with Crippen molar-refractivity contribution in [2.24, 2.45) is 0 Å². The highest BCUT2D eigenvalue weighted by molar-refractivity contribution is 7.13. The van der Waals surface area contributed by atoms with Gasteiger partial charge in [-0.05, 0) is 39.4 Å². The Kier molecular flexibility index (Phi) is 4.62. The molecule has 1 atom stereocenters. The number of hydrogen-bond acceptors (Lipinski definition) is 5. The quantitative estimate of drug-likeness (QED) is 0.806. The lowest BCUT2D eigenvalue weighted by Crippen LogP contribution is -2.40. The van der Waals surface area contributed by atoms with Gasteiger partial charge in [-0.3, -0.25) is 9.69 Å². The van der Waals surface area contributed by atoms with Crippen molar-refractivity contribution in [3.05, 3.63) is 40.9 Å². The van der Waals surface area contributed by atoms with Crippen LogP contribution in [0.15, 0.2) is 29.6 Å². The monoisotopic (exact) mass is 358 g/mol. The lowest BCUT2D eigenvalue weighted by atomic mass is 10.1. The molecule has 0 spiro atoms. The summed E-state index contributed by atoms with van der Waals surface area (Å²) in [5.74, 6) is -0.206. The van der Waals surface area contributed by atoms with E-state index in [9.17, 15) is 9.59 Å². The van der Waals surface area contributed by atoms with E-state index in [1.165, 1.54) is 4.90 Å². The second kappa shape index (κ2) is 6.57. The van der Waals surface area contributed by atoms with E-state index < -0.39 is 5.54 Å². The first-order valence-corrected chi connectivity index (χ1v) is 9.06. The maximum absolute atomic E-state index is 12.3. The van der Waals surface area contributed by atoms with Crippen LogP contribution < -0.4 is 10.6 Å². The summed E-state index contributed by atoms with van der Waals surface area (Å²) in [4.78, 5) is 30.3. The minimum Gasteiger partial charge on any atom is -0.324 e. The predicted octanol–water partition coefficient (Wildman–Crippen LogP) is 2.92. The van der Waals surface area contributed by atoms with Crippen molar-refractivity contribution >= 4 is 23.3 Å². The molecule has 3 amide bonds. The van der Waals surface area contributed by atoms with E-state index in [0.717, 1.165) is 21.8 Å². The van der Waals surface area contributed by atoms with E-state index in [-0.39, 0.29) is 24.5 Å². The Bertz CT molecular complexity index is 815. The van der Waals surface area contributed by atoms with Crippen LogP contribution in [0.5, 0.6) is 0 Å². The molecule has 0 bridgehead atoms. The molecule has 132 valence electrons. The van der Waals surface area contributed by atoms with Gasteiger partial charge in [-0.1, -0.05) is 18.2 Å². The van der Waals surface area contributed by atoms with Crippen molar-refractivity contribution in [3.8, 4) is 10.6 Å². The molecular formula is C18H22N4O2S. The number of nitrogens with zero attached hydrogens (tertiary/aromatic N) is 2. The summed E-state index contributed by atoms with van der Waals surface area (Å²) in [7, 11) is 1.91. The maximum Gasteiger partial charge on any atom is 0.325 e. The Morgan fingerprint density at radius 1 is 1.36 bits per heavy atom. The van der Waals surface area contributed by atoms with E-state index in [4.69, 9.17) is 0 Å². The van der Waals surface area contributed by atoms with Gasteiger partial charge in [-0.2, -0.15) is 0 Å². The predicted molar refractivity (Wildman–Crippen MR) is 98.2 cm³/mol. The Hall–Kier alpha value is -2.25. The lowest BCUT2D eigenvalue weighted by molar-refractivity contribution is -0.130. The fourth-order valence-corrected chi connectivity index (χ4v) is 3.62. The summed E-state index contributed by atoms with van der Waals surface area (Å²) >= 11 is 1.59. The van der Waals surface area contributed by atoms with E-state index in [2.05, 4.69) is 22.5 Å². The van der Waals surface area contributed by atoms with Gasteiger partial charge in [0.15, 0.2) is 0 Å². The van der Waals surface area contributed by atoms with Gasteiger partial charge in [0.2, 0.25) is 0 Å². The number of imide groups is 1. The van der Waals surface area contributed by atoms with Crippen molar-refractivity contribution in [1.82, 2.24) is 20.5 Å². The molecule has 0 radical (unpaired) electrons. The molecule has 1 unspecified atom stereocenters. The number of thiazole rings is 1. The highest BCUT2D eigenvalue weighted by Crippen LogP contribution is 2.28. The summed E-state index contributed by atoms with van der Waals surface area (Å²) in [6.45, 7) is 5.75. The number of rotatable bonds is 5. The molecule has 2 aromatic rings. The minimum absolute atomic E-state index is 0.196. The van der Waals surface area contributed by atoms with E-state index in [0.29, 0.717) is 0 Å². The largest absolute Gasteiger partial charge is 0.325 e. The van der Waals surface area contributed by atoms with Gasteiger partial charge < -0.3 is 10.6 Å². The molecule has 2 heterocycles. The number of aromatic nitrogens is 1. The van der Waals surface area contributed by atoms with E-state index >= 15 is 0 Å². The molecule has 1 saturated heterocycles. The van der Waals surface area contributed by atoms with Gasteiger partial charge in [0.05, 0.1) is 12.2 Å². The number of benzene rings is 1. The van der Waals surface area contributed by atoms with Crippen LogP contribution in [0.4, 0.5) is 4.79 Å². The number of hydrogen-bond donors (Lipinski definition) is 2. The zero-order valence-corrected chi connectivity index (χ0v) is 15.6. The summed E-state index contributed by atoms with van der Waals surface area (Å²) < 4.78 is 0. The first kappa shape index (κ1) is 17.6. The number of nitrogens with one attached hydrogen (secondary N) is 2. The van der Waals surface area contributed by atoms with Crippen molar-refractivity contribution in [2.45, 2.75) is 38.9 Å². The highest BCUT2D eigenvalue weighted by Gasteiger charge is 2.44. The molecule has 1 aliphatic heterocycles. The van der Waals surface area contributed by atoms with Crippen LogP contribution in [0.25, 0.3) is 10.6 Å². The first-order valence-electron chi connectivity index (χ1n) is 8.18. The van der Waals surface area contributed by atoms with Gasteiger partial charge >= 0.3 is 6.03 Å². The third-order valence-electron chi connectivity index (χ3n) is 4.36. The molecule has 25 heavy (non-hydrogen) atoms. The average molecular weight is 358 g/mol. The van der Waals surface area contributed by atoms with Crippen LogP contribution in [-0.4, -0.2) is 34.4 Å². The summed E-state index contributed by atoms with van der Waals surface area (Å²) in [5, 5.41) is 8.85. The smallest absolute Gasteiger partial charge is 0.324 e. The second-order valence-corrected chi connectivity index (χ2v) is 7.59. The summed E-state index contributed by atoms with van der Waals surface area (Å²) in [6.07, 6.45) is 0. The lowest BCUT2D eigenvalue weighted by Gasteiger charge is -2.16. The molecule has 1 fully saturated rings. The number of carbonyl (C=O) groups is 2. The molecular weight excluding hydrogens is 336 g/mol. The van der Waals surface area contributed by atoms with E-state index in [1.54, 1.807) is 25.2 Å². The van der Waals surface area contributed by atoms with Gasteiger partial charge in [0, 0.05) is 17.0 Å². The third kappa shape index (κ3) is 3.43. The van der Waals surface area contributed by atoms with Gasteiger partial charge in [0.25, 0.3) is 5.91 Å². The maximum atomic E-state index is 12.3. The van der Waals surface area contributed by atoms with Crippen molar-refractivity contribution in [3.63, 3.8) is 0 Å². The number of carbonyl (C=O) groups excluding carboxylic acids is 2. The van der Waals surface area contributed by atoms with Gasteiger partial charge in [-0.25, -0.2) is 9.78 Å². The molecule has 1 aromatic heterocycles. The standard InChI is InChI=1S/C18H22N4O2S/c1-11(19-4)14-10-25-15(20-14)13-7-5-6-12(8-13)9-22-16(23)18(2,3)21-17(22)24/h5-8,10-11,19H,9H2,1-4H3,(H,21,24). The van der Waals surface area contributed by atoms with Crippen LogP contribution in [-0.2, 0) is 11.3 Å². The zero-order chi connectivity index (χ0) is 18.2. The molecule has 7 heteroatoms. The Morgan fingerprint density at radius 2 is 2.12 bits per heavy atom. The van der Waals surface area contributed by atoms with Crippen LogP contribution in [0.1, 0.15) is 38.1 Å². The van der Waals surface area contributed by atoms with Crippen LogP contribution in [0.3, 0.4) is 0 Å². The normalized spacial score (nSPS) is 17.7. The number of urea groups is 1. The van der Waals surface area contributed by atoms with Crippen LogP contribution in [0.2, 0.25) is 0 Å². The fourth-order valence-electron chi connectivity index (χ4n) is 2.71. The highest BCUT2D eigenvalue weighted by atomic mass is 32.1. The Morgan fingerprint density at radius 3 is 2.76 bits per heavy atom. The molecule has 1 aliphatic rings. The Balaban J connectivity index is 1.82. The van der Waals surface area contributed by atoms with Gasteiger partial charge in [-0.15, -0.1) is 11.3 Å². The topological polar surface area (TPSA) is 74.3 Å². The average Bonchev–Trinajstić information content (AvgIpc) is 3.14. The summed E-state index contributed by atoms with van der Waals surface area (Å²) in [6, 6.07) is 7.67. The summed E-state index contributed by atoms with van der Waals surface area (Å²) in [5.41, 5.74) is 2.05. The van der Waals surface area contributed by atoms with Crippen molar-refractivity contribution in [2.75, 3.05) is 7.05 Å². The molecule has 3 rings (SSSR count). The van der Waals surface area contributed by atoms with Crippen molar-refractivity contribution in [1.29, 1.82) is 0 Å². The van der Waals surface area contributed by atoms with Crippen molar-refractivity contribution < 1.29 is 9.59 Å². The van der Waals surface area contributed by atoms with Gasteiger partial charge in [0.1, 0.15) is 10.5 Å². The first-order chi connectivity index (χ1) is 11.8. The second-order valence-electron chi connectivity index (χ2n) is 6.73. The van der Waals surface area contributed by atoms with Crippen LogP contribution in [0, 0.1) is 0 Å².